The first-order valence-corrected chi connectivity index (χ1v) is 5.81. The number of hydrogen-bond donors (Lipinski definition) is 1. The van der Waals surface area contributed by atoms with Gasteiger partial charge in [-0.2, -0.15) is 5.26 Å². The fraction of sp³-hybridized carbons (Fsp3) is 0.333. The molecule has 1 heterocycles. The van der Waals surface area contributed by atoms with Crippen molar-refractivity contribution in [3.05, 3.63) is 33.9 Å². The minimum atomic E-state index is -1.25. The van der Waals surface area contributed by atoms with E-state index in [1.807, 2.05) is 6.07 Å². The van der Waals surface area contributed by atoms with E-state index >= 15 is 0 Å². The quantitative estimate of drug-likeness (QED) is 0.647. The second-order valence-electron chi connectivity index (χ2n) is 4.20. The maximum atomic E-state index is 11.2. The third-order valence-corrected chi connectivity index (χ3v) is 2.97. The van der Waals surface area contributed by atoms with Crippen molar-refractivity contribution in [2.24, 2.45) is 0 Å². The van der Waals surface area contributed by atoms with Gasteiger partial charge in [0.05, 0.1) is 35.4 Å². The predicted octanol–water partition coefficient (Wildman–Crippen LogP) is 1.02. The maximum absolute atomic E-state index is 11.2. The van der Waals surface area contributed by atoms with Crippen LogP contribution in [0.4, 0.5) is 11.4 Å². The highest BCUT2D eigenvalue weighted by Crippen LogP contribution is 2.27. The van der Waals surface area contributed by atoms with Crippen LogP contribution in [0.5, 0.6) is 0 Å². The number of morpholine rings is 1. The molecule has 0 spiro atoms. The molecule has 0 amide bonds. The van der Waals surface area contributed by atoms with Gasteiger partial charge in [0.2, 0.25) is 0 Å². The van der Waals surface area contributed by atoms with Gasteiger partial charge >= 0.3 is 5.97 Å². The molecule has 2 rings (SSSR count). The summed E-state index contributed by atoms with van der Waals surface area (Å²) < 4.78 is 5.18. The summed E-state index contributed by atoms with van der Waals surface area (Å²) in [7, 11) is 0. The summed E-state index contributed by atoms with van der Waals surface area (Å²) in [4.78, 5) is 23.0. The second-order valence-corrected chi connectivity index (χ2v) is 4.20. The average Bonchev–Trinajstić information content (AvgIpc) is 2.46. The first kappa shape index (κ1) is 13.8. The van der Waals surface area contributed by atoms with Crippen LogP contribution in [-0.4, -0.2) is 41.8 Å². The number of benzene rings is 1. The number of carbonyl (C=O) groups is 1. The zero-order valence-electron chi connectivity index (χ0n) is 10.4. The topological polar surface area (TPSA) is 117 Å². The maximum Gasteiger partial charge on any atom is 0.338 e. The van der Waals surface area contributed by atoms with Gasteiger partial charge < -0.3 is 14.7 Å². The molecular weight excluding hydrogens is 266 g/mol. The summed E-state index contributed by atoms with van der Waals surface area (Å²) in [5, 5.41) is 28.7. The standard InChI is InChI=1S/C12H11N3O5/c13-6-9-7-14(3-4-20-9)11-2-1-8(15(18)19)5-10(11)12(16)17/h1-2,5,9H,3-4,7H2,(H,16,17). The van der Waals surface area contributed by atoms with Crippen LogP contribution in [0.1, 0.15) is 10.4 Å². The fourth-order valence-corrected chi connectivity index (χ4v) is 2.03. The molecule has 1 saturated heterocycles. The van der Waals surface area contributed by atoms with E-state index in [0.29, 0.717) is 18.8 Å². The lowest BCUT2D eigenvalue weighted by atomic mass is 10.1. The van der Waals surface area contributed by atoms with E-state index in [0.717, 1.165) is 6.07 Å². The zero-order valence-corrected chi connectivity index (χ0v) is 10.4. The largest absolute Gasteiger partial charge is 0.478 e. The van der Waals surface area contributed by atoms with Gasteiger partial charge in [0, 0.05) is 18.7 Å². The summed E-state index contributed by atoms with van der Waals surface area (Å²) in [6.07, 6.45) is -0.638. The molecule has 8 heteroatoms. The number of nitro benzene ring substituents is 1. The van der Waals surface area contributed by atoms with E-state index in [1.54, 1.807) is 4.90 Å². The predicted molar refractivity (Wildman–Crippen MR) is 67.6 cm³/mol. The van der Waals surface area contributed by atoms with Crippen molar-refractivity contribution in [3.8, 4) is 6.07 Å². The molecule has 1 aliphatic heterocycles. The molecule has 1 aliphatic rings. The van der Waals surface area contributed by atoms with Crippen LogP contribution in [0.15, 0.2) is 18.2 Å². The zero-order chi connectivity index (χ0) is 14.7. The molecule has 0 saturated carbocycles. The van der Waals surface area contributed by atoms with Gasteiger partial charge in [-0.1, -0.05) is 0 Å². The van der Waals surface area contributed by atoms with Crippen LogP contribution in [0.25, 0.3) is 0 Å². The van der Waals surface area contributed by atoms with Crippen molar-refractivity contribution in [1.29, 1.82) is 5.26 Å². The van der Waals surface area contributed by atoms with Crippen LogP contribution in [0, 0.1) is 21.4 Å². The minimum Gasteiger partial charge on any atom is -0.478 e. The van der Waals surface area contributed by atoms with E-state index < -0.39 is 17.0 Å². The van der Waals surface area contributed by atoms with Crippen LogP contribution < -0.4 is 4.90 Å². The molecule has 0 aromatic heterocycles. The Morgan fingerprint density at radius 2 is 2.35 bits per heavy atom. The first-order valence-electron chi connectivity index (χ1n) is 5.81. The smallest absolute Gasteiger partial charge is 0.338 e. The number of aromatic carboxylic acids is 1. The van der Waals surface area contributed by atoms with Gasteiger partial charge in [-0.25, -0.2) is 4.79 Å². The fourth-order valence-electron chi connectivity index (χ4n) is 2.03. The molecule has 104 valence electrons. The Morgan fingerprint density at radius 3 is 2.95 bits per heavy atom. The number of ether oxygens (including phenoxy) is 1. The Kier molecular flexibility index (Phi) is 3.81. The average molecular weight is 277 g/mol. The summed E-state index contributed by atoms with van der Waals surface area (Å²) in [6, 6.07) is 5.62. The number of carboxylic acids is 1. The van der Waals surface area contributed by atoms with Gasteiger partial charge in [-0.05, 0) is 6.07 Å². The number of nitriles is 1. The Balaban J connectivity index is 2.38. The molecular formula is C12H11N3O5. The molecule has 1 atom stereocenters. The number of nitro groups is 1. The molecule has 20 heavy (non-hydrogen) atoms. The van der Waals surface area contributed by atoms with Crippen LogP contribution >= 0.6 is 0 Å². The van der Waals surface area contributed by atoms with E-state index in [1.165, 1.54) is 12.1 Å². The van der Waals surface area contributed by atoms with Crippen molar-refractivity contribution >= 4 is 17.3 Å². The Labute approximate surface area is 113 Å². The first-order chi connectivity index (χ1) is 9.52. The highest BCUT2D eigenvalue weighted by molar-refractivity contribution is 5.95. The molecule has 8 nitrogen and oxygen atoms in total. The minimum absolute atomic E-state index is 0.155. The molecule has 1 fully saturated rings. The Morgan fingerprint density at radius 1 is 1.60 bits per heavy atom. The monoisotopic (exact) mass is 277 g/mol. The number of anilines is 1. The van der Waals surface area contributed by atoms with Crippen molar-refractivity contribution in [3.63, 3.8) is 0 Å². The number of nitrogens with zero attached hydrogens (tertiary/aromatic N) is 3. The molecule has 1 aromatic carbocycles. The number of hydrogen-bond acceptors (Lipinski definition) is 6. The number of rotatable bonds is 3. The molecule has 1 unspecified atom stereocenters. The van der Waals surface area contributed by atoms with Crippen LogP contribution in [0.2, 0.25) is 0 Å². The normalized spacial score (nSPS) is 18.4. The van der Waals surface area contributed by atoms with E-state index in [4.69, 9.17) is 10.00 Å². The number of non-ortho nitro benzene ring substituents is 1. The van der Waals surface area contributed by atoms with Crippen molar-refractivity contribution in [2.45, 2.75) is 6.10 Å². The molecule has 1 N–H and O–H groups in total. The lowest BCUT2D eigenvalue weighted by Gasteiger charge is -2.32. The summed E-state index contributed by atoms with van der Waals surface area (Å²) in [5.41, 5.74) is -0.0827. The summed E-state index contributed by atoms with van der Waals surface area (Å²) >= 11 is 0. The van der Waals surface area contributed by atoms with Crippen molar-refractivity contribution < 1.29 is 19.6 Å². The summed E-state index contributed by atoms with van der Waals surface area (Å²) in [5.74, 6) is -1.25. The molecule has 0 aliphatic carbocycles. The third kappa shape index (κ3) is 2.67. The van der Waals surface area contributed by atoms with Crippen molar-refractivity contribution in [2.75, 3.05) is 24.6 Å². The van der Waals surface area contributed by atoms with Gasteiger partial charge in [0.25, 0.3) is 5.69 Å². The van der Waals surface area contributed by atoms with Gasteiger partial charge in [0.1, 0.15) is 0 Å². The van der Waals surface area contributed by atoms with E-state index in [2.05, 4.69) is 0 Å². The van der Waals surface area contributed by atoms with E-state index in [9.17, 15) is 20.0 Å². The Hall–Kier alpha value is -2.66. The Bertz CT molecular complexity index is 595. The summed E-state index contributed by atoms with van der Waals surface area (Å²) in [6.45, 7) is 0.957. The lowest BCUT2D eigenvalue weighted by Crippen LogP contribution is -2.42. The highest BCUT2D eigenvalue weighted by atomic mass is 16.6. The van der Waals surface area contributed by atoms with Crippen LogP contribution in [0.3, 0.4) is 0 Å². The van der Waals surface area contributed by atoms with Crippen molar-refractivity contribution in [1.82, 2.24) is 0 Å². The highest BCUT2D eigenvalue weighted by Gasteiger charge is 2.25. The van der Waals surface area contributed by atoms with Gasteiger partial charge in [0.15, 0.2) is 6.10 Å². The SMILES string of the molecule is N#CC1CN(c2ccc([N+](=O)[O-])cc2C(=O)O)CCO1. The second kappa shape index (κ2) is 5.54. The van der Waals surface area contributed by atoms with Gasteiger partial charge in [-0.3, -0.25) is 10.1 Å². The van der Waals surface area contributed by atoms with Gasteiger partial charge in [-0.15, -0.1) is 0 Å². The molecule has 1 aromatic rings. The third-order valence-electron chi connectivity index (χ3n) is 2.97. The van der Waals surface area contributed by atoms with Crippen LogP contribution in [-0.2, 0) is 4.74 Å². The lowest BCUT2D eigenvalue weighted by molar-refractivity contribution is -0.384. The van der Waals surface area contributed by atoms with E-state index in [-0.39, 0.29) is 17.8 Å². The number of carboxylic acid groups (broad SMARTS) is 1. The molecule has 0 bridgehead atoms. The molecule has 0 radical (unpaired) electrons.